The first-order valence-electron chi connectivity index (χ1n) is 5.75. The van der Waals surface area contributed by atoms with Crippen molar-refractivity contribution in [3.8, 4) is 12.3 Å². The van der Waals surface area contributed by atoms with Gasteiger partial charge in [-0.05, 0) is 29.8 Å². The predicted molar refractivity (Wildman–Crippen MR) is 71.0 cm³/mol. The van der Waals surface area contributed by atoms with Crippen molar-refractivity contribution in [1.82, 2.24) is 4.98 Å². The van der Waals surface area contributed by atoms with Gasteiger partial charge in [0.15, 0.2) is 0 Å². The lowest BCUT2D eigenvalue weighted by atomic mass is 10.0. The fourth-order valence-corrected chi connectivity index (χ4v) is 1.71. The highest BCUT2D eigenvalue weighted by atomic mass is 16.1. The maximum absolute atomic E-state index is 11.9. The summed E-state index contributed by atoms with van der Waals surface area (Å²) in [7, 11) is 0. The van der Waals surface area contributed by atoms with E-state index in [1.807, 2.05) is 42.5 Å². The zero-order valence-electron chi connectivity index (χ0n) is 9.97. The van der Waals surface area contributed by atoms with Gasteiger partial charge in [0.1, 0.15) is 5.78 Å². The monoisotopic (exact) mass is 235 g/mol. The third-order valence-electron chi connectivity index (χ3n) is 2.63. The third kappa shape index (κ3) is 3.29. The molecule has 0 radical (unpaired) electrons. The molecule has 0 aliphatic carbocycles. The summed E-state index contributed by atoms with van der Waals surface area (Å²) in [4.78, 5) is 16.0. The number of terminal acetylenes is 1. The van der Waals surface area contributed by atoms with Gasteiger partial charge in [0, 0.05) is 30.3 Å². The van der Waals surface area contributed by atoms with Gasteiger partial charge in [-0.2, -0.15) is 0 Å². The van der Waals surface area contributed by atoms with Crippen molar-refractivity contribution in [3.63, 3.8) is 0 Å². The molecule has 1 heterocycles. The number of ketones is 1. The summed E-state index contributed by atoms with van der Waals surface area (Å²) in [5.41, 5.74) is 2.62. The van der Waals surface area contributed by atoms with E-state index < -0.39 is 0 Å². The molecule has 2 nitrogen and oxygen atoms in total. The molecule has 2 rings (SSSR count). The summed E-state index contributed by atoms with van der Waals surface area (Å²) >= 11 is 0. The molecule has 0 bridgehead atoms. The number of pyridine rings is 1. The number of aromatic nitrogens is 1. The maximum Gasteiger partial charge on any atom is 0.143 e. The van der Waals surface area contributed by atoms with Crippen molar-refractivity contribution in [2.75, 3.05) is 0 Å². The second-order valence-corrected chi connectivity index (χ2v) is 4.05. The van der Waals surface area contributed by atoms with Crippen LogP contribution in [0.5, 0.6) is 0 Å². The van der Waals surface area contributed by atoms with E-state index >= 15 is 0 Å². The van der Waals surface area contributed by atoms with Crippen molar-refractivity contribution in [3.05, 3.63) is 65.5 Å². The first-order valence-corrected chi connectivity index (χ1v) is 5.75. The van der Waals surface area contributed by atoms with Crippen molar-refractivity contribution >= 4 is 5.78 Å². The molecule has 2 aromatic rings. The van der Waals surface area contributed by atoms with Gasteiger partial charge in [0.05, 0.1) is 0 Å². The Hall–Kier alpha value is -2.40. The molecule has 0 atom stereocenters. The van der Waals surface area contributed by atoms with Crippen molar-refractivity contribution in [2.24, 2.45) is 0 Å². The fourth-order valence-electron chi connectivity index (χ4n) is 1.71. The summed E-state index contributed by atoms with van der Waals surface area (Å²) < 4.78 is 0. The average Bonchev–Trinajstić information content (AvgIpc) is 2.40. The van der Waals surface area contributed by atoms with E-state index in [2.05, 4.69) is 10.9 Å². The summed E-state index contributed by atoms with van der Waals surface area (Å²) in [5, 5.41) is 0. The number of carbonyl (C=O) groups is 1. The lowest BCUT2D eigenvalue weighted by molar-refractivity contribution is -0.117. The van der Waals surface area contributed by atoms with Crippen LogP contribution >= 0.6 is 0 Å². The molecule has 0 fully saturated rings. The smallest absolute Gasteiger partial charge is 0.143 e. The molecule has 0 spiro atoms. The number of hydrogen-bond donors (Lipinski definition) is 0. The highest BCUT2D eigenvalue weighted by Gasteiger charge is 2.05. The van der Waals surface area contributed by atoms with Crippen LogP contribution in [-0.4, -0.2) is 10.8 Å². The van der Waals surface area contributed by atoms with Gasteiger partial charge in [-0.3, -0.25) is 9.78 Å². The largest absolute Gasteiger partial charge is 0.299 e. The normalized spacial score (nSPS) is 9.72. The minimum absolute atomic E-state index is 0.155. The predicted octanol–water partition coefficient (Wildman–Crippen LogP) is 2.42. The number of hydrogen-bond acceptors (Lipinski definition) is 2. The van der Waals surface area contributed by atoms with Crippen LogP contribution in [0.1, 0.15) is 16.8 Å². The van der Waals surface area contributed by atoms with Gasteiger partial charge in [-0.25, -0.2) is 0 Å². The molecule has 18 heavy (non-hydrogen) atoms. The zero-order valence-corrected chi connectivity index (χ0v) is 9.97. The standard InChI is InChI=1S/C16H13NO/c1-2-13-6-8-14(9-7-13)11-16(18)12-15-5-3-4-10-17-15/h1,3-10H,11-12H2. The summed E-state index contributed by atoms with van der Waals surface area (Å²) in [6.07, 6.45) is 7.77. The number of benzene rings is 1. The van der Waals surface area contributed by atoms with Crippen LogP contribution in [0.25, 0.3) is 0 Å². The Kier molecular flexibility index (Phi) is 3.88. The molecular formula is C16H13NO. The minimum Gasteiger partial charge on any atom is -0.299 e. The third-order valence-corrected chi connectivity index (χ3v) is 2.63. The lowest BCUT2D eigenvalue weighted by Crippen LogP contribution is -2.07. The molecule has 2 heteroatoms. The molecule has 1 aromatic carbocycles. The molecule has 0 amide bonds. The Balaban J connectivity index is 1.97. The number of Topliss-reactive ketones (excluding diaryl/α,β-unsaturated/α-hetero) is 1. The quantitative estimate of drug-likeness (QED) is 0.762. The van der Waals surface area contributed by atoms with E-state index in [0.717, 1.165) is 16.8 Å². The SMILES string of the molecule is C#Cc1ccc(CC(=O)Cc2ccccn2)cc1. The van der Waals surface area contributed by atoms with Gasteiger partial charge in [0.2, 0.25) is 0 Å². The van der Waals surface area contributed by atoms with Crippen molar-refractivity contribution < 1.29 is 4.79 Å². The Morgan fingerprint density at radius 1 is 1.11 bits per heavy atom. The van der Waals surface area contributed by atoms with Crippen LogP contribution in [-0.2, 0) is 17.6 Å². The maximum atomic E-state index is 11.9. The Bertz CT molecular complexity index is 564. The van der Waals surface area contributed by atoms with Gasteiger partial charge >= 0.3 is 0 Å². The van der Waals surface area contributed by atoms with E-state index in [-0.39, 0.29) is 5.78 Å². The Morgan fingerprint density at radius 2 is 1.89 bits per heavy atom. The molecule has 88 valence electrons. The minimum atomic E-state index is 0.155. The highest BCUT2D eigenvalue weighted by Crippen LogP contribution is 2.06. The second kappa shape index (κ2) is 5.79. The van der Waals surface area contributed by atoms with Crippen LogP contribution in [0.2, 0.25) is 0 Å². The van der Waals surface area contributed by atoms with E-state index in [0.29, 0.717) is 12.8 Å². The van der Waals surface area contributed by atoms with E-state index in [9.17, 15) is 4.79 Å². The summed E-state index contributed by atoms with van der Waals surface area (Å²) in [6.45, 7) is 0. The van der Waals surface area contributed by atoms with Crippen LogP contribution in [0.3, 0.4) is 0 Å². The number of rotatable bonds is 4. The van der Waals surface area contributed by atoms with Crippen molar-refractivity contribution in [1.29, 1.82) is 0 Å². The molecule has 0 N–H and O–H groups in total. The Labute approximate surface area is 107 Å². The van der Waals surface area contributed by atoms with Gasteiger partial charge in [-0.15, -0.1) is 6.42 Å². The fraction of sp³-hybridized carbons (Fsp3) is 0.125. The van der Waals surface area contributed by atoms with Gasteiger partial charge in [0.25, 0.3) is 0 Å². The Morgan fingerprint density at radius 3 is 2.50 bits per heavy atom. The summed E-state index contributed by atoms with van der Waals surface area (Å²) in [6, 6.07) is 13.1. The molecule has 0 saturated heterocycles. The summed E-state index contributed by atoms with van der Waals surface area (Å²) in [5.74, 6) is 2.71. The molecule has 0 saturated carbocycles. The van der Waals surface area contributed by atoms with Gasteiger partial charge < -0.3 is 0 Å². The number of carbonyl (C=O) groups excluding carboxylic acids is 1. The van der Waals surface area contributed by atoms with Gasteiger partial charge in [-0.1, -0.05) is 24.1 Å². The topological polar surface area (TPSA) is 30.0 Å². The second-order valence-electron chi connectivity index (χ2n) is 4.05. The molecule has 0 aliphatic rings. The lowest BCUT2D eigenvalue weighted by Gasteiger charge is -2.01. The highest BCUT2D eigenvalue weighted by molar-refractivity contribution is 5.82. The van der Waals surface area contributed by atoms with Crippen LogP contribution in [0.15, 0.2) is 48.7 Å². The van der Waals surface area contributed by atoms with E-state index in [1.54, 1.807) is 6.20 Å². The molecular weight excluding hydrogens is 222 g/mol. The van der Waals surface area contributed by atoms with E-state index in [1.165, 1.54) is 0 Å². The average molecular weight is 235 g/mol. The van der Waals surface area contributed by atoms with Crippen LogP contribution < -0.4 is 0 Å². The van der Waals surface area contributed by atoms with Crippen LogP contribution in [0, 0.1) is 12.3 Å². The van der Waals surface area contributed by atoms with Crippen LogP contribution in [0.4, 0.5) is 0 Å². The zero-order chi connectivity index (χ0) is 12.8. The van der Waals surface area contributed by atoms with Crippen molar-refractivity contribution in [2.45, 2.75) is 12.8 Å². The molecule has 0 aliphatic heterocycles. The first-order chi connectivity index (χ1) is 8.78. The first kappa shape index (κ1) is 12.1. The number of nitrogens with zero attached hydrogens (tertiary/aromatic N) is 1. The van der Waals surface area contributed by atoms with E-state index in [4.69, 9.17) is 6.42 Å². The molecule has 1 aromatic heterocycles. The molecule has 0 unspecified atom stereocenters.